The van der Waals surface area contributed by atoms with E-state index in [0.717, 1.165) is 16.7 Å². The molecule has 0 aliphatic carbocycles. The maximum absolute atomic E-state index is 12.4. The zero-order valence-corrected chi connectivity index (χ0v) is 16.9. The van der Waals surface area contributed by atoms with Crippen LogP contribution in [0.2, 0.25) is 0 Å². The molecule has 0 radical (unpaired) electrons. The number of para-hydroxylation sites is 1. The third-order valence-electron chi connectivity index (χ3n) is 4.37. The Morgan fingerprint density at radius 1 is 1.19 bits per heavy atom. The highest BCUT2D eigenvalue weighted by Gasteiger charge is 2.22. The fourth-order valence-corrected chi connectivity index (χ4v) is 3.53. The van der Waals surface area contributed by atoms with Gasteiger partial charge in [-0.25, -0.2) is 9.78 Å². The molecule has 0 fully saturated rings. The number of benzene rings is 2. The molecule has 31 heavy (non-hydrogen) atoms. The largest absolute Gasteiger partial charge is 0.449 e. The van der Waals surface area contributed by atoms with Crippen molar-refractivity contribution in [2.45, 2.75) is 13.0 Å². The summed E-state index contributed by atoms with van der Waals surface area (Å²) in [6.45, 7) is 1.44. The lowest BCUT2D eigenvalue weighted by Crippen LogP contribution is -2.29. The average Bonchev–Trinajstić information content (AvgIpc) is 3.40. The Morgan fingerprint density at radius 2 is 2.00 bits per heavy atom. The Kier molecular flexibility index (Phi) is 5.46. The van der Waals surface area contributed by atoms with Gasteiger partial charge >= 0.3 is 5.97 Å². The van der Waals surface area contributed by atoms with Crippen molar-refractivity contribution in [1.29, 1.82) is 0 Å². The number of rotatable bonds is 6. The van der Waals surface area contributed by atoms with Gasteiger partial charge in [0.2, 0.25) is 5.76 Å². The van der Waals surface area contributed by atoms with Gasteiger partial charge in [-0.1, -0.05) is 30.3 Å². The van der Waals surface area contributed by atoms with Gasteiger partial charge in [-0.15, -0.1) is 11.3 Å². The SMILES string of the molecule is C[C@H](OC(=O)c1cc2ccccc2o1)C(=O)Nc1nc(-c2cccc([N+](=O)[O-])c2)cs1. The Hall–Kier alpha value is -4.05. The first-order valence-electron chi connectivity index (χ1n) is 9.11. The molecule has 2 heterocycles. The second-order valence-corrected chi connectivity index (χ2v) is 7.39. The fraction of sp³-hybridized carbons (Fsp3) is 0.0952. The number of fused-ring (bicyclic) bond motifs is 1. The summed E-state index contributed by atoms with van der Waals surface area (Å²) in [5, 5.41) is 16.2. The van der Waals surface area contributed by atoms with Crippen molar-refractivity contribution in [2.75, 3.05) is 5.32 Å². The Morgan fingerprint density at radius 3 is 2.77 bits per heavy atom. The van der Waals surface area contributed by atoms with Crippen molar-refractivity contribution in [3.63, 3.8) is 0 Å². The van der Waals surface area contributed by atoms with Crippen molar-refractivity contribution in [2.24, 2.45) is 0 Å². The standard InChI is InChI=1S/C21H15N3O6S/c1-12(29-20(26)18-10-14-5-2-3-8-17(14)30-18)19(25)23-21-22-16(11-31-21)13-6-4-7-15(9-13)24(27)28/h2-12H,1H3,(H,22,23,25)/t12-/m0/s1. The number of carbonyl (C=O) groups is 2. The molecule has 2 aromatic heterocycles. The number of amides is 1. The molecule has 0 aliphatic heterocycles. The molecule has 1 atom stereocenters. The van der Waals surface area contributed by atoms with E-state index in [1.807, 2.05) is 6.07 Å². The molecule has 2 aromatic carbocycles. The van der Waals surface area contributed by atoms with E-state index in [2.05, 4.69) is 10.3 Å². The van der Waals surface area contributed by atoms with Crippen molar-refractivity contribution in [3.05, 3.63) is 75.9 Å². The Balaban J connectivity index is 1.40. The van der Waals surface area contributed by atoms with Gasteiger partial charge in [0, 0.05) is 28.5 Å². The van der Waals surface area contributed by atoms with Crippen LogP contribution in [-0.2, 0) is 9.53 Å². The molecule has 0 bridgehead atoms. The highest BCUT2D eigenvalue weighted by Crippen LogP contribution is 2.27. The maximum atomic E-state index is 12.4. The van der Waals surface area contributed by atoms with Crippen molar-refractivity contribution >= 4 is 45.0 Å². The number of esters is 1. The van der Waals surface area contributed by atoms with Crippen LogP contribution < -0.4 is 5.32 Å². The summed E-state index contributed by atoms with van der Waals surface area (Å²) in [6.07, 6.45) is -1.09. The van der Waals surface area contributed by atoms with E-state index in [-0.39, 0.29) is 16.6 Å². The number of furan rings is 1. The van der Waals surface area contributed by atoms with Crippen LogP contribution in [-0.4, -0.2) is 27.9 Å². The number of nitrogens with zero attached hydrogens (tertiary/aromatic N) is 2. The summed E-state index contributed by atoms with van der Waals surface area (Å²) in [6, 6.07) is 14.7. The van der Waals surface area contributed by atoms with Gasteiger partial charge in [-0.3, -0.25) is 20.2 Å². The predicted molar refractivity (Wildman–Crippen MR) is 114 cm³/mol. The predicted octanol–water partition coefficient (Wildman–Crippen LogP) is 4.65. The Labute approximate surface area is 179 Å². The van der Waals surface area contributed by atoms with Crippen LogP contribution >= 0.6 is 11.3 Å². The Bertz CT molecular complexity index is 1260. The summed E-state index contributed by atoms with van der Waals surface area (Å²) in [7, 11) is 0. The highest BCUT2D eigenvalue weighted by molar-refractivity contribution is 7.14. The zero-order chi connectivity index (χ0) is 22.0. The third-order valence-corrected chi connectivity index (χ3v) is 5.12. The summed E-state index contributed by atoms with van der Waals surface area (Å²) in [5.74, 6) is -1.32. The van der Waals surface area contributed by atoms with Crippen LogP contribution in [0.5, 0.6) is 0 Å². The summed E-state index contributed by atoms with van der Waals surface area (Å²) in [4.78, 5) is 39.4. The van der Waals surface area contributed by atoms with Crippen LogP contribution in [0.1, 0.15) is 17.5 Å². The van der Waals surface area contributed by atoms with E-state index in [1.54, 1.807) is 41.8 Å². The quantitative estimate of drug-likeness (QED) is 0.264. The number of nitro benzene ring substituents is 1. The fourth-order valence-electron chi connectivity index (χ4n) is 2.80. The molecule has 10 heteroatoms. The highest BCUT2D eigenvalue weighted by atomic mass is 32.1. The first-order valence-corrected chi connectivity index (χ1v) is 9.99. The molecule has 0 saturated carbocycles. The second-order valence-electron chi connectivity index (χ2n) is 6.53. The van der Waals surface area contributed by atoms with Gasteiger partial charge in [0.15, 0.2) is 11.2 Å². The summed E-state index contributed by atoms with van der Waals surface area (Å²) < 4.78 is 10.6. The maximum Gasteiger partial charge on any atom is 0.375 e. The molecule has 4 rings (SSSR count). The lowest BCUT2D eigenvalue weighted by atomic mass is 10.1. The molecule has 1 N–H and O–H groups in total. The summed E-state index contributed by atoms with van der Waals surface area (Å²) >= 11 is 1.15. The molecule has 4 aromatic rings. The second kappa shape index (κ2) is 8.36. The van der Waals surface area contributed by atoms with E-state index >= 15 is 0 Å². The first-order chi connectivity index (χ1) is 14.9. The van der Waals surface area contributed by atoms with Crippen LogP contribution in [0.15, 0.2) is 64.4 Å². The number of hydrogen-bond donors (Lipinski definition) is 1. The first kappa shape index (κ1) is 20.2. The number of ether oxygens (including phenoxy) is 1. The molecule has 1 amide bonds. The summed E-state index contributed by atoms with van der Waals surface area (Å²) in [5.41, 5.74) is 1.52. The lowest BCUT2D eigenvalue weighted by molar-refractivity contribution is -0.384. The van der Waals surface area contributed by atoms with E-state index < -0.39 is 22.9 Å². The van der Waals surface area contributed by atoms with Crippen LogP contribution in [0.25, 0.3) is 22.2 Å². The zero-order valence-electron chi connectivity index (χ0n) is 16.1. The topological polar surface area (TPSA) is 125 Å². The number of aromatic nitrogens is 1. The van der Waals surface area contributed by atoms with Gasteiger partial charge in [-0.05, 0) is 19.1 Å². The number of thiazole rings is 1. The minimum absolute atomic E-state index is 0.00283. The van der Waals surface area contributed by atoms with E-state index in [1.165, 1.54) is 19.1 Å². The smallest absolute Gasteiger partial charge is 0.375 e. The number of nitrogens with one attached hydrogen (secondary N) is 1. The average molecular weight is 437 g/mol. The molecule has 0 aliphatic rings. The van der Waals surface area contributed by atoms with Crippen LogP contribution in [0.4, 0.5) is 10.8 Å². The molecular weight excluding hydrogens is 422 g/mol. The number of hydrogen-bond acceptors (Lipinski definition) is 8. The minimum Gasteiger partial charge on any atom is -0.449 e. The third kappa shape index (κ3) is 4.43. The molecular formula is C21H15N3O6S. The van der Waals surface area contributed by atoms with Gasteiger partial charge in [0.1, 0.15) is 5.58 Å². The van der Waals surface area contributed by atoms with Gasteiger partial charge in [-0.2, -0.15) is 0 Å². The molecule has 9 nitrogen and oxygen atoms in total. The van der Waals surface area contributed by atoms with E-state index in [4.69, 9.17) is 9.15 Å². The van der Waals surface area contributed by atoms with Gasteiger partial charge in [0.25, 0.3) is 11.6 Å². The van der Waals surface area contributed by atoms with Crippen molar-refractivity contribution in [1.82, 2.24) is 4.98 Å². The number of anilines is 1. The van der Waals surface area contributed by atoms with Crippen molar-refractivity contribution in [3.8, 4) is 11.3 Å². The molecule has 0 spiro atoms. The van der Waals surface area contributed by atoms with Gasteiger partial charge < -0.3 is 9.15 Å². The number of nitro groups is 1. The molecule has 0 saturated heterocycles. The van der Waals surface area contributed by atoms with Gasteiger partial charge in [0.05, 0.1) is 10.6 Å². The van der Waals surface area contributed by atoms with Crippen LogP contribution in [0.3, 0.4) is 0 Å². The number of carbonyl (C=O) groups excluding carboxylic acids is 2. The van der Waals surface area contributed by atoms with E-state index in [0.29, 0.717) is 16.8 Å². The molecule has 156 valence electrons. The monoisotopic (exact) mass is 437 g/mol. The lowest BCUT2D eigenvalue weighted by Gasteiger charge is -2.11. The van der Waals surface area contributed by atoms with E-state index in [9.17, 15) is 19.7 Å². The normalized spacial score (nSPS) is 11.8. The van der Waals surface area contributed by atoms with Crippen LogP contribution in [0, 0.1) is 10.1 Å². The minimum atomic E-state index is -1.09. The van der Waals surface area contributed by atoms with Crippen molar-refractivity contribution < 1.29 is 23.7 Å². The molecule has 0 unspecified atom stereocenters. The number of non-ortho nitro benzene ring substituents is 1.